The third kappa shape index (κ3) is 5.92. The lowest BCUT2D eigenvalue weighted by atomic mass is 9.74. The fraction of sp³-hybridized carbons (Fsp3) is 0.846. The number of carbonyl (C=O) groups excluding carboxylic acids is 1. The van der Waals surface area contributed by atoms with Crippen LogP contribution in [0.1, 0.15) is 45.4 Å². The van der Waals surface area contributed by atoms with Crippen LogP contribution in [0, 0.1) is 0 Å². The molecule has 1 fully saturated rings. The Labute approximate surface area is 113 Å². The molecule has 3 N–H and O–H groups in total. The van der Waals surface area contributed by atoms with Gasteiger partial charge in [-0.25, -0.2) is 4.79 Å². The van der Waals surface area contributed by atoms with E-state index in [1.807, 2.05) is 0 Å². The molecule has 1 aliphatic rings. The number of hydrogen-bond acceptors (Lipinski definition) is 3. The quantitative estimate of drug-likeness (QED) is 0.555. The molecular weight excluding hydrogens is 248 g/mol. The van der Waals surface area contributed by atoms with Crippen molar-refractivity contribution in [2.75, 3.05) is 19.8 Å². The molecule has 0 aliphatic heterocycles. The second kappa shape index (κ2) is 7.99. The molecule has 6 nitrogen and oxygen atoms in total. The summed E-state index contributed by atoms with van der Waals surface area (Å²) in [5.74, 6) is -0.872. The van der Waals surface area contributed by atoms with Crippen LogP contribution < -0.4 is 10.6 Å². The summed E-state index contributed by atoms with van der Waals surface area (Å²) in [4.78, 5) is 22.4. The minimum Gasteiger partial charge on any atom is -0.481 e. The lowest BCUT2D eigenvalue weighted by molar-refractivity contribution is -0.139. The lowest BCUT2D eigenvalue weighted by Crippen LogP contribution is -2.57. The van der Waals surface area contributed by atoms with E-state index in [2.05, 4.69) is 17.6 Å². The lowest BCUT2D eigenvalue weighted by Gasteiger charge is -2.41. The minimum absolute atomic E-state index is 0.00653. The van der Waals surface area contributed by atoms with Crippen LogP contribution in [-0.4, -0.2) is 42.4 Å². The van der Waals surface area contributed by atoms with Crippen molar-refractivity contribution in [3.8, 4) is 0 Å². The Hall–Kier alpha value is -1.30. The number of unbranched alkanes of at least 4 members (excludes halogenated alkanes) is 1. The van der Waals surface area contributed by atoms with Crippen LogP contribution in [0.2, 0.25) is 0 Å². The predicted molar refractivity (Wildman–Crippen MR) is 71.1 cm³/mol. The van der Waals surface area contributed by atoms with Crippen LogP contribution in [0.5, 0.6) is 0 Å². The number of hydrogen-bond donors (Lipinski definition) is 3. The van der Waals surface area contributed by atoms with Gasteiger partial charge < -0.3 is 20.5 Å². The van der Waals surface area contributed by atoms with Crippen molar-refractivity contribution in [2.24, 2.45) is 0 Å². The summed E-state index contributed by atoms with van der Waals surface area (Å²) in [5.41, 5.74) is -0.543. The van der Waals surface area contributed by atoms with Crippen LogP contribution in [0.15, 0.2) is 0 Å². The van der Waals surface area contributed by atoms with Gasteiger partial charge in [0.05, 0.1) is 18.6 Å². The van der Waals surface area contributed by atoms with Gasteiger partial charge in [0, 0.05) is 13.2 Å². The largest absolute Gasteiger partial charge is 0.481 e. The van der Waals surface area contributed by atoms with E-state index in [0.717, 1.165) is 32.1 Å². The van der Waals surface area contributed by atoms with E-state index in [9.17, 15) is 9.59 Å². The Kier molecular flexibility index (Phi) is 6.62. The summed E-state index contributed by atoms with van der Waals surface area (Å²) >= 11 is 0. The number of rotatable bonds is 9. The molecule has 0 bridgehead atoms. The highest BCUT2D eigenvalue weighted by atomic mass is 16.5. The molecule has 1 rings (SSSR count). The SMILES string of the molecule is CCCCOCCNC(=O)NC1(CC(=O)O)CCC1. The van der Waals surface area contributed by atoms with Gasteiger partial charge in [0.25, 0.3) is 0 Å². The van der Waals surface area contributed by atoms with Gasteiger partial charge in [0.2, 0.25) is 0 Å². The number of aliphatic carboxylic acids is 1. The second-order valence-corrected chi connectivity index (χ2v) is 5.05. The molecule has 0 heterocycles. The highest BCUT2D eigenvalue weighted by Gasteiger charge is 2.40. The molecule has 0 radical (unpaired) electrons. The fourth-order valence-corrected chi connectivity index (χ4v) is 2.11. The molecule has 0 aromatic heterocycles. The molecule has 0 spiro atoms. The molecular formula is C13H24N2O4. The van der Waals surface area contributed by atoms with Crippen molar-refractivity contribution in [1.29, 1.82) is 0 Å². The smallest absolute Gasteiger partial charge is 0.315 e. The molecule has 0 aromatic carbocycles. The number of ether oxygens (including phenoxy) is 1. The number of nitrogens with one attached hydrogen (secondary N) is 2. The Morgan fingerprint density at radius 2 is 2.05 bits per heavy atom. The predicted octanol–water partition coefficient (Wildman–Crippen LogP) is 1.50. The van der Waals surface area contributed by atoms with Crippen molar-refractivity contribution < 1.29 is 19.4 Å². The molecule has 0 aromatic rings. The number of amides is 2. The second-order valence-electron chi connectivity index (χ2n) is 5.05. The van der Waals surface area contributed by atoms with E-state index >= 15 is 0 Å². The van der Waals surface area contributed by atoms with Crippen molar-refractivity contribution in [2.45, 2.75) is 51.0 Å². The Morgan fingerprint density at radius 1 is 1.32 bits per heavy atom. The van der Waals surface area contributed by atoms with Gasteiger partial charge in [-0.05, 0) is 25.7 Å². The van der Waals surface area contributed by atoms with Gasteiger partial charge in [-0.15, -0.1) is 0 Å². The monoisotopic (exact) mass is 272 g/mol. The Morgan fingerprint density at radius 3 is 2.58 bits per heavy atom. The van der Waals surface area contributed by atoms with Crippen LogP contribution in [0.3, 0.4) is 0 Å². The highest BCUT2D eigenvalue weighted by Crippen LogP contribution is 2.34. The topological polar surface area (TPSA) is 87.7 Å². The average Bonchev–Trinajstić information content (AvgIpc) is 2.30. The zero-order valence-corrected chi connectivity index (χ0v) is 11.5. The summed E-state index contributed by atoms with van der Waals surface area (Å²) in [6.45, 7) is 3.73. The van der Waals surface area contributed by atoms with Crippen LogP contribution >= 0.6 is 0 Å². The van der Waals surface area contributed by atoms with E-state index in [0.29, 0.717) is 19.8 Å². The number of carbonyl (C=O) groups is 2. The third-order valence-electron chi connectivity index (χ3n) is 3.35. The maximum atomic E-state index is 11.7. The van der Waals surface area contributed by atoms with Gasteiger partial charge in [0.15, 0.2) is 0 Å². The maximum Gasteiger partial charge on any atom is 0.315 e. The molecule has 0 saturated heterocycles. The summed E-state index contributed by atoms with van der Waals surface area (Å²) in [5, 5.41) is 14.3. The summed E-state index contributed by atoms with van der Waals surface area (Å²) < 4.78 is 5.32. The summed E-state index contributed by atoms with van der Waals surface area (Å²) in [6.07, 6.45) is 4.54. The number of carboxylic acid groups (broad SMARTS) is 1. The first-order valence-electron chi connectivity index (χ1n) is 6.93. The fourth-order valence-electron chi connectivity index (χ4n) is 2.11. The highest BCUT2D eigenvalue weighted by molar-refractivity contribution is 5.77. The van der Waals surface area contributed by atoms with E-state index in [4.69, 9.17) is 9.84 Å². The zero-order chi connectivity index (χ0) is 14.1. The van der Waals surface area contributed by atoms with Gasteiger partial charge in [-0.3, -0.25) is 4.79 Å². The average molecular weight is 272 g/mol. The molecule has 0 unspecified atom stereocenters. The van der Waals surface area contributed by atoms with Gasteiger partial charge in [-0.2, -0.15) is 0 Å². The van der Waals surface area contributed by atoms with E-state index in [1.165, 1.54) is 0 Å². The van der Waals surface area contributed by atoms with Crippen LogP contribution in [0.25, 0.3) is 0 Å². The van der Waals surface area contributed by atoms with Gasteiger partial charge >= 0.3 is 12.0 Å². The first kappa shape index (κ1) is 15.8. The first-order chi connectivity index (χ1) is 9.08. The molecule has 6 heteroatoms. The maximum absolute atomic E-state index is 11.7. The molecule has 1 aliphatic carbocycles. The van der Waals surface area contributed by atoms with Crippen molar-refractivity contribution in [3.63, 3.8) is 0 Å². The van der Waals surface area contributed by atoms with Crippen LogP contribution in [0.4, 0.5) is 4.79 Å². The zero-order valence-electron chi connectivity index (χ0n) is 11.5. The molecule has 19 heavy (non-hydrogen) atoms. The Balaban J connectivity index is 2.14. The van der Waals surface area contributed by atoms with Crippen molar-refractivity contribution in [1.82, 2.24) is 10.6 Å². The van der Waals surface area contributed by atoms with Gasteiger partial charge in [0.1, 0.15) is 0 Å². The molecule has 1 saturated carbocycles. The van der Waals surface area contributed by atoms with Crippen LogP contribution in [-0.2, 0) is 9.53 Å². The first-order valence-corrected chi connectivity index (χ1v) is 6.93. The van der Waals surface area contributed by atoms with E-state index in [-0.39, 0.29) is 12.5 Å². The minimum atomic E-state index is -0.872. The summed E-state index contributed by atoms with van der Waals surface area (Å²) in [6, 6.07) is -0.306. The molecule has 110 valence electrons. The standard InChI is InChI=1S/C13H24N2O4/c1-2-3-8-19-9-7-14-12(18)15-13(5-4-6-13)10-11(16)17/h2-10H2,1H3,(H,16,17)(H2,14,15,18). The normalized spacial score (nSPS) is 16.5. The molecule has 2 amide bonds. The van der Waals surface area contributed by atoms with Gasteiger partial charge in [-0.1, -0.05) is 13.3 Å². The number of carboxylic acids is 1. The number of urea groups is 1. The van der Waals surface area contributed by atoms with E-state index < -0.39 is 11.5 Å². The van der Waals surface area contributed by atoms with E-state index in [1.54, 1.807) is 0 Å². The Bertz CT molecular complexity index is 303. The molecule has 0 atom stereocenters. The van der Waals surface area contributed by atoms with Crippen molar-refractivity contribution in [3.05, 3.63) is 0 Å². The third-order valence-corrected chi connectivity index (χ3v) is 3.35. The summed E-state index contributed by atoms with van der Waals surface area (Å²) in [7, 11) is 0. The van der Waals surface area contributed by atoms with Crippen molar-refractivity contribution >= 4 is 12.0 Å².